The number of nitrogens with zero attached hydrogens (tertiary/aromatic N) is 3. The van der Waals surface area contributed by atoms with Gasteiger partial charge < -0.3 is 9.84 Å². The third kappa shape index (κ3) is 2.17. The van der Waals surface area contributed by atoms with Crippen molar-refractivity contribution in [2.24, 2.45) is 14.1 Å². The van der Waals surface area contributed by atoms with E-state index in [1.54, 1.807) is 0 Å². The zero-order valence-corrected chi connectivity index (χ0v) is 12.8. The van der Waals surface area contributed by atoms with Crippen LogP contribution in [0.15, 0.2) is 42.9 Å². The van der Waals surface area contributed by atoms with Gasteiger partial charge in [-0.15, -0.1) is 0 Å². The molecule has 0 aliphatic heterocycles. The summed E-state index contributed by atoms with van der Waals surface area (Å²) in [5.74, 6) is 0.277. The average Bonchev–Trinajstić information content (AvgIpc) is 2.87. The zero-order valence-electron chi connectivity index (χ0n) is 11.3. The van der Waals surface area contributed by atoms with Crippen LogP contribution in [0.25, 0.3) is 11.1 Å². The summed E-state index contributed by atoms with van der Waals surface area (Å²) >= 11 is 3.37. The molecule has 3 aromatic rings. The van der Waals surface area contributed by atoms with Crippen LogP contribution in [0, 0.1) is 0 Å². The Kier molecular flexibility index (Phi) is 3.17. The number of hydrogen-bond acceptors (Lipinski definition) is 5. The highest BCUT2D eigenvalue weighted by atomic mass is 79.9. The van der Waals surface area contributed by atoms with E-state index in [1.807, 2.05) is 24.3 Å². The molecule has 8 heteroatoms. The van der Waals surface area contributed by atoms with Crippen molar-refractivity contribution in [1.29, 1.82) is 0 Å². The summed E-state index contributed by atoms with van der Waals surface area (Å²) in [6.07, 6.45) is 0. The standard InChI is InChI=1S/C13H11BrN4O3/c1-17-11(19)9-10(15-8-5-3-4-7(14)6-8)16-21-12(9)18(2)13(17)20/h3-6H,1-2H3,(H,15,16). The van der Waals surface area contributed by atoms with Gasteiger partial charge in [-0.3, -0.25) is 13.9 Å². The highest BCUT2D eigenvalue weighted by Gasteiger charge is 2.18. The van der Waals surface area contributed by atoms with E-state index in [1.165, 1.54) is 18.7 Å². The van der Waals surface area contributed by atoms with Crippen LogP contribution < -0.4 is 16.6 Å². The fourth-order valence-electron chi connectivity index (χ4n) is 2.06. The molecule has 0 aliphatic rings. The van der Waals surface area contributed by atoms with E-state index in [9.17, 15) is 9.59 Å². The molecule has 1 aromatic carbocycles. The third-order valence-corrected chi connectivity index (χ3v) is 3.65. The first-order valence-electron chi connectivity index (χ1n) is 6.07. The van der Waals surface area contributed by atoms with Crippen molar-refractivity contribution >= 4 is 38.5 Å². The molecular formula is C13H11BrN4O3. The average molecular weight is 351 g/mol. The van der Waals surface area contributed by atoms with Crippen molar-refractivity contribution in [3.63, 3.8) is 0 Å². The predicted octanol–water partition coefficient (Wildman–Crippen LogP) is 1.73. The highest BCUT2D eigenvalue weighted by Crippen LogP contribution is 2.23. The van der Waals surface area contributed by atoms with Gasteiger partial charge in [0.1, 0.15) is 5.39 Å². The van der Waals surface area contributed by atoms with E-state index in [0.717, 1.165) is 14.7 Å². The van der Waals surface area contributed by atoms with Gasteiger partial charge in [0.2, 0.25) is 5.71 Å². The molecule has 0 fully saturated rings. The van der Waals surface area contributed by atoms with Crippen molar-refractivity contribution in [3.05, 3.63) is 49.6 Å². The minimum atomic E-state index is -0.461. The normalized spacial score (nSPS) is 11.0. The number of anilines is 2. The zero-order chi connectivity index (χ0) is 15.1. The van der Waals surface area contributed by atoms with Crippen LogP contribution in [0.5, 0.6) is 0 Å². The minimum Gasteiger partial charge on any atom is -0.337 e. The molecule has 2 aromatic heterocycles. The summed E-state index contributed by atoms with van der Waals surface area (Å²) in [5, 5.41) is 7.10. The fraction of sp³-hybridized carbons (Fsp3) is 0.154. The number of fused-ring (bicyclic) bond motifs is 1. The van der Waals surface area contributed by atoms with Gasteiger partial charge in [-0.05, 0) is 18.2 Å². The maximum absolute atomic E-state index is 12.2. The Morgan fingerprint density at radius 1 is 1.24 bits per heavy atom. The number of nitrogens with one attached hydrogen (secondary N) is 1. The first-order chi connectivity index (χ1) is 9.99. The number of benzene rings is 1. The van der Waals surface area contributed by atoms with Crippen LogP contribution in [-0.4, -0.2) is 14.3 Å². The fourth-order valence-corrected chi connectivity index (χ4v) is 2.46. The number of hydrogen-bond donors (Lipinski definition) is 1. The van der Waals surface area contributed by atoms with Crippen molar-refractivity contribution in [2.45, 2.75) is 0 Å². The molecule has 3 rings (SSSR count). The summed E-state index contributed by atoms with van der Waals surface area (Å²) in [7, 11) is 2.94. The quantitative estimate of drug-likeness (QED) is 0.761. The molecule has 0 unspecified atom stereocenters. The summed E-state index contributed by atoms with van der Waals surface area (Å²) in [4.78, 5) is 24.1. The lowest BCUT2D eigenvalue weighted by Crippen LogP contribution is -2.36. The van der Waals surface area contributed by atoms with Gasteiger partial charge in [-0.25, -0.2) is 4.79 Å². The number of halogens is 1. The maximum Gasteiger partial charge on any atom is 0.333 e. The second-order valence-corrected chi connectivity index (χ2v) is 5.47. The van der Waals surface area contributed by atoms with Crippen molar-refractivity contribution in [1.82, 2.24) is 14.3 Å². The molecular weight excluding hydrogens is 340 g/mol. The monoisotopic (exact) mass is 350 g/mol. The topological polar surface area (TPSA) is 82.1 Å². The van der Waals surface area contributed by atoms with Gasteiger partial charge in [0, 0.05) is 24.3 Å². The molecule has 0 atom stereocenters. The molecule has 0 amide bonds. The molecule has 21 heavy (non-hydrogen) atoms. The summed E-state index contributed by atoms with van der Waals surface area (Å²) < 4.78 is 8.28. The van der Waals surface area contributed by atoms with Gasteiger partial charge in [-0.1, -0.05) is 27.2 Å². The third-order valence-electron chi connectivity index (χ3n) is 3.16. The van der Waals surface area contributed by atoms with Crippen LogP contribution in [0.3, 0.4) is 0 Å². The van der Waals surface area contributed by atoms with Crippen LogP contribution in [0.1, 0.15) is 0 Å². The smallest absolute Gasteiger partial charge is 0.333 e. The largest absolute Gasteiger partial charge is 0.337 e. The molecule has 0 radical (unpaired) electrons. The molecule has 7 nitrogen and oxygen atoms in total. The lowest BCUT2D eigenvalue weighted by molar-refractivity contribution is 0.437. The van der Waals surface area contributed by atoms with Crippen molar-refractivity contribution < 1.29 is 4.52 Å². The van der Waals surface area contributed by atoms with E-state index in [0.29, 0.717) is 0 Å². The van der Waals surface area contributed by atoms with E-state index < -0.39 is 11.2 Å². The van der Waals surface area contributed by atoms with E-state index in [-0.39, 0.29) is 16.9 Å². The Labute approximate surface area is 126 Å². The maximum atomic E-state index is 12.2. The predicted molar refractivity (Wildman–Crippen MR) is 81.9 cm³/mol. The van der Waals surface area contributed by atoms with Crippen molar-refractivity contribution in [3.8, 4) is 0 Å². The minimum absolute atomic E-state index is 0.139. The van der Waals surface area contributed by atoms with Gasteiger partial charge in [0.25, 0.3) is 5.56 Å². The molecule has 0 saturated carbocycles. The van der Waals surface area contributed by atoms with Gasteiger partial charge in [-0.2, -0.15) is 0 Å². The molecule has 108 valence electrons. The van der Waals surface area contributed by atoms with Gasteiger partial charge >= 0.3 is 5.69 Å². The number of rotatable bonds is 2. The Morgan fingerprint density at radius 3 is 2.71 bits per heavy atom. The van der Waals surface area contributed by atoms with Crippen molar-refractivity contribution in [2.75, 3.05) is 5.32 Å². The van der Waals surface area contributed by atoms with Gasteiger partial charge in [0.05, 0.1) is 0 Å². The SMILES string of the molecule is Cn1c(=O)c2c(Nc3cccc(Br)c3)noc2n(C)c1=O. The number of aryl methyl sites for hydroxylation is 1. The molecule has 0 spiro atoms. The van der Waals surface area contributed by atoms with E-state index in [4.69, 9.17) is 4.52 Å². The van der Waals surface area contributed by atoms with Crippen LogP contribution in [-0.2, 0) is 14.1 Å². The first-order valence-corrected chi connectivity index (χ1v) is 6.86. The van der Waals surface area contributed by atoms with Crippen LogP contribution >= 0.6 is 15.9 Å². The first kappa shape index (κ1) is 13.6. The van der Waals surface area contributed by atoms with Crippen LogP contribution in [0.2, 0.25) is 0 Å². The number of aromatic nitrogens is 3. The van der Waals surface area contributed by atoms with E-state index in [2.05, 4.69) is 26.4 Å². The summed E-state index contributed by atoms with van der Waals surface area (Å²) in [6.45, 7) is 0. The lowest BCUT2D eigenvalue weighted by Gasteiger charge is -2.04. The molecule has 0 bridgehead atoms. The Hall–Kier alpha value is -2.35. The molecule has 0 aliphatic carbocycles. The van der Waals surface area contributed by atoms with Crippen LogP contribution in [0.4, 0.5) is 11.5 Å². The molecule has 1 N–H and O–H groups in total. The Balaban J connectivity index is 2.21. The summed E-state index contributed by atoms with van der Waals surface area (Å²) in [6, 6.07) is 7.40. The van der Waals surface area contributed by atoms with E-state index >= 15 is 0 Å². The second kappa shape index (κ2) is 4.88. The highest BCUT2D eigenvalue weighted by molar-refractivity contribution is 9.10. The molecule has 0 saturated heterocycles. The lowest BCUT2D eigenvalue weighted by atomic mass is 10.3. The molecule has 2 heterocycles. The summed E-state index contributed by atoms with van der Waals surface area (Å²) in [5.41, 5.74) is -0.0272. The Bertz CT molecular complexity index is 954. The Morgan fingerprint density at radius 2 is 2.00 bits per heavy atom. The second-order valence-electron chi connectivity index (χ2n) is 4.55. The van der Waals surface area contributed by atoms with Gasteiger partial charge in [0.15, 0.2) is 5.82 Å².